The van der Waals surface area contributed by atoms with Gasteiger partial charge in [-0.2, -0.15) is 0 Å². The molecule has 0 amide bonds. The van der Waals surface area contributed by atoms with E-state index in [9.17, 15) is 9.59 Å². The second kappa shape index (κ2) is 6.61. The fourth-order valence-electron chi connectivity index (χ4n) is 3.62. The fraction of sp³-hybridized carbons (Fsp3) is 0.0833. The molecule has 0 saturated heterocycles. The Bertz CT molecular complexity index is 1470. The first-order valence-electron chi connectivity index (χ1n) is 10.5. The molecule has 0 unspecified atom stereocenters. The van der Waals surface area contributed by atoms with E-state index in [-0.39, 0.29) is 17.9 Å². The van der Waals surface area contributed by atoms with Crippen molar-refractivity contribution in [3.05, 3.63) is 98.8 Å². The molecule has 1 aliphatic rings. The summed E-state index contributed by atoms with van der Waals surface area (Å²) < 4.78 is 30.2. The zero-order valence-electron chi connectivity index (χ0n) is 18.1. The minimum absolute atomic E-state index is 0.164. The van der Waals surface area contributed by atoms with Gasteiger partial charge in [0.1, 0.15) is 12.4 Å². The first-order valence-corrected chi connectivity index (χ1v) is 9.37. The molecule has 0 N–H and O–H groups in total. The number of nitrogens with zero attached hydrogens (tertiary/aromatic N) is 1. The van der Waals surface area contributed by atoms with Gasteiger partial charge in [0.25, 0.3) is 5.56 Å². The van der Waals surface area contributed by atoms with Crippen LogP contribution in [0.4, 0.5) is 0 Å². The van der Waals surface area contributed by atoms with Gasteiger partial charge in [0, 0.05) is 44.3 Å². The summed E-state index contributed by atoms with van der Waals surface area (Å²) in [5.74, 6) is 0.312. The average Bonchev–Trinajstić information content (AvgIpc) is 2.76. The van der Waals surface area contributed by atoms with E-state index in [2.05, 4.69) is 0 Å². The monoisotopic (exact) mass is 404 g/mol. The third-order valence-electron chi connectivity index (χ3n) is 5.13. The van der Waals surface area contributed by atoms with Crippen LogP contribution in [0.2, 0.25) is 5.02 Å². The maximum absolute atomic E-state index is 13.2. The maximum Gasteiger partial charge on any atom is 0.251 e. The van der Waals surface area contributed by atoms with E-state index in [1.807, 2.05) is 6.07 Å². The molecule has 4 nitrogen and oxygen atoms in total. The summed E-state index contributed by atoms with van der Waals surface area (Å²) in [6.07, 6.45) is 0. The SMILES string of the molecule is [2H]C([2H])([2H])n1c(=O)cc2c3cc(ccc31)C(=O)c1ccc(Cl)c(c1)COc1cccc-2c1. The molecule has 5 heteroatoms. The molecule has 0 aliphatic carbocycles. The molecular weight excluding hydrogens is 386 g/mol. The number of pyridine rings is 1. The summed E-state index contributed by atoms with van der Waals surface area (Å²) in [5.41, 5.74) is 2.24. The van der Waals surface area contributed by atoms with Crippen LogP contribution in [0.15, 0.2) is 71.5 Å². The number of carbonyl (C=O) groups excluding carboxylic acids is 1. The molecule has 1 aliphatic heterocycles. The first kappa shape index (κ1) is 14.6. The lowest BCUT2D eigenvalue weighted by Crippen LogP contribution is -2.16. The minimum Gasteiger partial charge on any atom is -0.489 e. The number of halogens is 1. The van der Waals surface area contributed by atoms with Crippen LogP contribution in [0.5, 0.6) is 5.75 Å². The lowest BCUT2D eigenvalue weighted by atomic mass is 9.96. The zero-order chi connectivity index (χ0) is 22.6. The van der Waals surface area contributed by atoms with Gasteiger partial charge in [0.2, 0.25) is 0 Å². The number of hydrogen-bond acceptors (Lipinski definition) is 3. The van der Waals surface area contributed by atoms with E-state index in [1.165, 1.54) is 18.2 Å². The molecular formula is C24H16ClNO3. The van der Waals surface area contributed by atoms with Crippen LogP contribution in [0, 0.1) is 0 Å². The summed E-state index contributed by atoms with van der Waals surface area (Å²) in [6, 6.07) is 18.1. The molecule has 0 atom stereocenters. The standard InChI is InChI=1S/C24H16ClNO3/c1-26-22-8-6-16-11-20(22)19(12-23(26)27)14-3-2-4-18(10-14)29-13-17-9-15(24(16)28)5-7-21(17)25/h2-12H,13H2,1H3/i1D3. The van der Waals surface area contributed by atoms with E-state index in [4.69, 9.17) is 20.5 Å². The van der Waals surface area contributed by atoms with Crippen molar-refractivity contribution in [2.75, 3.05) is 0 Å². The van der Waals surface area contributed by atoms with Gasteiger partial charge in [-0.05, 0) is 59.7 Å². The summed E-state index contributed by atoms with van der Waals surface area (Å²) in [6.45, 7) is -2.50. The number of ketones is 1. The highest BCUT2D eigenvalue weighted by Crippen LogP contribution is 2.32. The van der Waals surface area contributed by atoms with Crippen molar-refractivity contribution in [3.8, 4) is 16.9 Å². The lowest BCUT2D eigenvalue weighted by Gasteiger charge is -2.12. The fourth-order valence-corrected chi connectivity index (χ4v) is 3.79. The predicted octanol–water partition coefficient (Wildman–Crippen LogP) is 4.98. The van der Waals surface area contributed by atoms with Crippen LogP contribution in [0.25, 0.3) is 22.0 Å². The summed E-state index contributed by atoms with van der Waals surface area (Å²) in [4.78, 5) is 26.1. The first-order chi connectivity index (χ1) is 15.2. The smallest absolute Gasteiger partial charge is 0.251 e. The highest BCUT2D eigenvalue weighted by Gasteiger charge is 2.16. The normalized spacial score (nSPS) is 14.8. The van der Waals surface area contributed by atoms with Crippen molar-refractivity contribution in [2.45, 2.75) is 6.61 Å². The van der Waals surface area contributed by atoms with Crippen molar-refractivity contribution in [2.24, 2.45) is 6.98 Å². The highest BCUT2D eigenvalue weighted by atomic mass is 35.5. The maximum atomic E-state index is 13.2. The number of ether oxygens (including phenoxy) is 1. The molecule has 3 aromatic carbocycles. The minimum atomic E-state index is -2.67. The number of aryl methyl sites for hydroxylation is 1. The average molecular weight is 405 g/mol. The zero-order valence-corrected chi connectivity index (χ0v) is 15.9. The Balaban J connectivity index is 1.88. The van der Waals surface area contributed by atoms with E-state index in [0.717, 1.165) is 4.57 Å². The van der Waals surface area contributed by atoms with E-state index < -0.39 is 12.5 Å². The van der Waals surface area contributed by atoms with Gasteiger partial charge in [-0.1, -0.05) is 23.7 Å². The number of hydrogen-bond donors (Lipinski definition) is 0. The lowest BCUT2D eigenvalue weighted by molar-refractivity contribution is 0.103. The largest absolute Gasteiger partial charge is 0.489 e. The Hall–Kier alpha value is -3.37. The third-order valence-corrected chi connectivity index (χ3v) is 5.49. The van der Waals surface area contributed by atoms with Gasteiger partial charge in [0.05, 0.1) is 5.52 Å². The van der Waals surface area contributed by atoms with Crippen LogP contribution < -0.4 is 10.3 Å². The molecule has 2 heterocycles. The van der Waals surface area contributed by atoms with Gasteiger partial charge in [-0.25, -0.2) is 0 Å². The Morgan fingerprint density at radius 2 is 1.79 bits per heavy atom. The summed E-state index contributed by atoms with van der Waals surface area (Å²) in [7, 11) is 0. The molecule has 0 fully saturated rings. The molecule has 5 rings (SSSR count). The number of rotatable bonds is 0. The number of carbonyl (C=O) groups is 1. The molecule has 142 valence electrons. The molecule has 6 bridgehead atoms. The second-order valence-corrected chi connectivity index (χ2v) is 7.32. The van der Waals surface area contributed by atoms with Crippen LogP contribution in [-0.2, 0) is 13.6 Å². The quantitative estimate of drug-likeness (QED) is 0.415. The van der Waals surface area contributed by atoms with Gasteiger partial charge < -0.3 is 9.30 Å². The van der Waals surface area contributed by atoms with Crippen LogP contribution in [-0.4, -0.2) is 10.4 Å². The molecule has 1 aromatic heterocycles. The topological polar surface area (TPSA) is 48.3 Å². The van der Waals surface area contributed by atoms with Gasteiger partial charge in [-0.15, -0.1) is 0 Å². The van der Waals surface area contributed by atoms with Crippen molar-refractivity contribution in [1.82, 2.24) is 4.57 Å². The Morgan fingerprint density at radius 3 is 2.66 bits per heavy atom. The van der Waals surface area contributed by atoms with Crippen molar-refractivity contribution in [3.63, 3.8) is 0 Å². The van der Waals surface area contributed by atoms with Gasteiger partial charge in [-0.3, -0.25) is 9.59 Å². The van der Waals surface area contributed by atoms with Gasteiger partial charge in [0.15, 0.2) is 5.78 Å². The third kappa shape index (κ3) is 2.93. The van der Waals surface area contributed by atoms with Crippen LogP contribution in [0.1, 0.15) is 25.6 Å². The van der Waals surface area contributed by atoms with E-state index >= 15 is 0 Å². The Labute approximate surface area is 176 Å². The van der Waals surface area contributed by atoms with Crippen LogP contribution in [0.3, 0.4) is 0 Å². The molecule has 0 radical (unpaired) electrons. The summed E-state index contributed by atoms with van der Waals surface area (Å²) >= 11 is 6.31. The highest BCUT2D eigenvalue weighted by molar-refractivity contribution is 6.31. The van der Waals surface area contributed by atoms with Crippen LogP contribution >= 0.6 is 11.6 Å². The Kier molecular flexibility index (Phi) is 3.33. The second-order valence-electron chi connectivity index (χ2n) is 6.92. The Morgan fingerprint density at radius 1 is 0.966 bits per heavy atom. The van der Waals surface area contributed by atoms with E-state index in [1.54, 1.807) is 42.5 Å². The number of benzene rings is 3. The summed E-state index contributed by atoms with van der Waals surface area (Å²) in [5, 5.41) is 0.971. The number of fused-ring (bicyclic) bond motifs is 6. The number of aromatic nitrogens is 1. The molecule has 4 aromatic rings. The van der Waals surface area contributed by atoms with Gasteiger partial charge >= 0.3 is 0 Å². The molecule has 0 saturated carbocycles. The predicted molar refractivity (Wildman–Crippen MR) is 114 cm³/mol. The van der Waals surface area contributed by atoms with Crippen molar-refractivity contribution >= 4 is 28.3 Å². The van der Waals surface area contributed by atoms with E-state index in [0.29, 0.717) is 44.0 Å². The molecule has 0 spiro atoms. The van der Waals surface area contributed by atoms with Crippen molar-refractivity contribution < 1.29 is 13.6 Å². The van der Waals surface area contributed by atoms with Crippen molar-refractivity contribution in [1.29, 1.82) is 0 Å². The molecule has 29 heavy (non-hydrogen) atoms.